The molecule has 0 bridgehead atoms. The van der Waals surface area contributed by atoms with Crippen molar-refractivity contribution in [3.05, 3.63) is 95.5 Å². The molecule has 0 saturated heterocycles. The van der Waals surface area contributed by atoms with E-state index in [1.165, 1.54) is 53.9 Å². The molecular weight excluding hydrogens is 432 g/mol. The first-order valence-corrected chi connectivity index (χ1v) is 10.9. The lowest BCUT2D eigenvalue weighted by atomic mass is 9.93. The van der Waals surface area contributed by atoms with Gasteiger partial charge in [-0.1, -0.05) is 94.8 Å². The second-order valence-corrected chi connectivity index (χ2v) is 8.69. The van der Waals surface area contributed by atoms with Crippen molar-refractivity contribution in [2.45, 2.75) is 0 Å². The normalized spacial score (nSPS) is 12.2. The van der Waals surface area contributed by atoms with Gasteiger partial charge < -0.3 is 4.42 Å². The molecule has 0 spiro atoms. The maximum atomic E-state index is 6.58. The third kappa shape index (κ3) is 2.02. The molecule has 0 N–H and O–H groups in total. The molecule has 0 aliphatic carbocycles. The van der Waals surface area contributed by atoms with Gasteiger partial charge >= 0.3 is 0 Å². The minimum Gasteiger partial charge on any atom is -0.455 e. The molecule has 0 amide bonds. The first kappa shape index (κ1) is 16.4. The Kier molecular flexibility index (Phi) is 3.20. The molecule has 0 unspecified atom stereocenters. The van der Waals surface area contributed by atoms with Gasteiger partial charge in [-0.05, 0) is 49.8 Å². The van der Waals surface area contributed by atoms with E-state index in [0.29, 0.717) is 0 Å². The van der Waals surface area contributed by atoms with Crippen LogP contribution in [0.1, 0.15) is 0 Å². The third-order valence-electron chi connectivity index (χ3n) is 6.30. The molecule has 30 heavy (non-hydrogen) atoms. The fourth-order valence-corrected chi connectivity index (χ4v) is 5.60. The SMILES string of the molecule is Brc1cc2oc3c(ccc4c5ccccc5c5ccccc5c43)c2c2ccccc12. The van der Waals surface area contributed by atoms with Gasteiger partial charge in [0.25, 0.3) is 0 Å². The minimum atomic E-state index is 0.917. The summed E-state index contributed by atoms with van der Waals surface area (Å²) in [4.78, 5) is 0. The Balaban J connectivity index is 1.82. The summed E-state index contributed by atoms with van der Waals surface area (Å²) in [6.07, 6.45) is 0. The molecule has 7 aromatic rings. The molecule has 2 heteroatoms. The van der Waals surface area contributed by atoms with E-state index in [-0.39, 0.29) is 0 Å². The van der Waals surface area contributed by atoms with Gasteiger partial charge in [0.2, 0.25) is 0 Å². The van der Waals surface area contributed by atoms with E-state index in [4.69, 9.17) is 4.42 Å². The molecule has 7 rings (SSSR count). The summed E-state index contributed by atoms with van der Waals surface area (Å²) >= 11 is 3.74. The third-order valence-corrected chi connectivity index (χ3v) is 6.96. The van der Waals surface area contributed by atoms with Crippen molar-refractivity contribution < 1.29 is 4.42 Å². The minimum absolute atomic E-state index is 0.917. The smallest absolute Gasteiger partial charge is 0.143 e. The Labute approximate surface area is 180 Å². The lowest BCUT2D eigenvalue weighted by Crippen LogP contribution is -1.83. The maximum absolute atomic E-state index is 6.58. The highest BCUT2D eigenvalue weighted by atomic mass is 79.9. The second-order valence-electron chi connectivity index (χ2n) is 7.84. The molecule has 0 fully saturated rings. The van der Waals surface area contributed by atoms with Crippen LogP contribution in [-0.2, 0) is 0 Å². The topological polar surface area (TPSA) is 13.1 Å². The average Bonchev–Trinajstić information content (AvgIpc) is 3.17. The number of furan rings is 1. The van der Waals surface area contributed by atoms with Gasteiger partial charge in [-0.3, -0.25) is 0 Å². The van der Waals surface area contributed by atoms with Crippen LogP contribution in [0.15, 0.2) is 99.9 Å². The summed E-state index contributed by atoms with van der Waals surface area (Å²) in [6, 6.07) is 32.4. The number of benzene rings is 6. The van der Waals surface area contributed by atoms with Crippen LogP contribution in [0.2, 0.25) is 0 Å². The van der Waals surface area contributed by atoms with E-state index in [2.05, 4.69) is 107 Å². The van der Waals surface area contributed by atoms with Gasteiger partial charge in [0.15, 0.2) is 0 Å². The molecule has 0 atom stereocenters. The van der Waals surface area contributed by atoms with Crippen LogP contribution in [-0.4, -0.2) is 0 Å². The largest absolute Gasteiger partial charge is 0.455 e. The first-order chi connectivity index (χ1) is 14.8. The Morgan fingerprint density at radius 3 is 1.60 bits per heavy atom. The number of rotatable bonds is 0. The Bertz CT molecular complexity index is 1770. The van der Waals surface area contributed by atoms with E-state index < -0.39 is 0 Å². The van der Waals surface area contributed by atoms with E-state index in [1.54, 1.807) is 0 Å². The molecule has 0 radical (unpaired) electrons. The monoisotopic (exact) mass is 446 g/mol. The summed E-state index contributed by atoms with van der Waals surface area (Å²) in [7, 11) is 0. The van der Waals surface area contributed by atoms with Gasteiger partial charge in [-0.25, -0.2) is 0 Å². The van der Waals surface area contributed by atoms with E-state index in [1.807, 2.05) is 0 Å². The summed E-state index contributed by atoms with van der Waals surface area (Å²) in [6.45, 7) is 0. The predicted octanol–water partition coefficient (Wildman–Crippen LogP) is 8.96. The van der Waals surface area contributed by atoms with Crippen LogP contribution in [0.25, 0.3) is 65.0 Å². The van der Waals surface area contributed by atoms with Crippen molar-refractivity contribution in [2.24, 2.45) is 0 Å². The van der Waals surface area contributed by atoms with Gasteiger partial charge in [-0.15, -0.1) is 0 Å². The molecule has 0 saturated carbocycles. The van der Waals surface area contributed by atoms with Crippen LogP contribution in [0.3, 0.4) is 0 Å². The molecular formula is C28H15BrO. The van der Waals surface area contributed by atoms with Gasteiger partial charge in [0, 0.05) is 20.6 Å². The van der Waals surface area contributed by atoms with Crippen molar-refractivity contribution in [2.75, 3.05) is 0 Å². The second kappa shape index (κ2) is 5.84. The summed E-state index contributed by atoms with van der Waals surface area (Å²) in [5.41, 5.74) is 1.88. The van der Waals surface area contributed by atoms with Crippen LogP contribution in [0.4, 0.5) is 0 Å². The summed E-state index contributed by atoms with van der Waals surface area (Å²) in [5, 5.41) is 12.2. The molecule has 1 aromatic heterocycles. The molecule has 0 aliphatic rings. The molecule has 1 heterocycles. The standard InChI is InChI=1S/C28H15BrO/c29-24-15-25-26(21-12-6-4-10-19(21)24)23-14-13-22-18-9-2-1-7-16(18)17-8-3-5-11-20(17)27(22)28(23)30-25/h1-15H. The quantitative estimate of drug-likeness (QED) is 0.212. The van der Waals surface area contributed by atoms with Crippen molar-refractivity contribution in [1.29, 1.82) is 0 Å². The lowest BCUT2D eigenvalue weighted by molar-refractivity contribution is 0.673. The average molecular weight is 447 g/mol. The van der Waals surface area contributed by atoms with Crippen LogP contribution in [0.5, 0.6) is 0 Å². The van der Waals surface area contributed by atoms with Gasteiger partial charge in [0.1, 0.15) is 11.2 Å². The van der Waals surface area contributed by atoms with Crippen molar-refractivity contribution >= 4 is 81.0 Å². The highest BCUT2D eigenvalue weighted by molar-refractivity contribution is 9.10. The summed E-state index contributed by atoms with van der Waals surface area (Å²) < 4.78 is 7.64. The Morgan fingerprint density at radius 2 is 0.933 bits per heavy atom. The van der Waals surface area contributed by atoms with E-state index >= 15 is 0 Å². The number of hydrogen-bond donors (Lipinski definition) is 0. The number of fused-ring (bicyclic) bond motifs is 12. The fourth-order valence-electron chi connectivity index (χ4n) is 5.04. The molecule has 0 aliphatic heterocycles. The van der Waals surface area contributed by atoms with Crippen molar-refractivity contribution in [3.63, 3.8) is 0 Å². The summed E-state index contributed by atoms with van der Waals surface area (Å²) in [5.74, 6) is 0. The van der Waals surface area contributed by atoms with Crippen molar-refractivity contribution in [3.8, 4) is 0 Å². The van der Waals surface area contributed by atoms with Crippen molar-refractivity contribution in [1.82, 2.24) is 0 Å². The molecule has 6 aromatic carbocycles. The lowest BCUT2D eigenvalue weighted by Gasteiger charge is -2.10. The van der Waals surface area contributed by atoms with Gasteiger partial charge in [-0.2, -0.15) is 0 Å². The van der Waals surface area contributed by atoms with Crippen LogP contribution < -0.4 is 0 Å². The fraction of sp³-hybridized carbons (Fsp3) is 0. The van der Waals surface area contributed by atoms with E-state index in [9.17, 15) is 0 Å². The van der Waals surface area contributed by atoms with E-state index in [0.717, 1.165) is 15.6 Å². The zero-order chi connectivity index (χ0) is 19.8. The highest BCUT2D eigenvalue weighted by Crippen LogP contribution is 2.44. The zero-order valence-corrected chi connectivity index (χ0v) is 17.5. The molecule has 140 valence electrons. The van der Waals surface area contributed by atoms with Gasteiger partial charge in [0.05, 0.1) is 0 Å². The Hall–Kier alpha value is -3.36. The highest BCUT2D eigenvalue weighted by Gasteiger charge is 2.17. The number of hydrogen-bond acceptors (Lipinski definition) is 1. The van der Waals surface area contributed by atoms with Crippen LogP contribution in [0, 0.1) is 0 Å². The number of halogens is 1. The zero-order valence-electron chi connectivity index (χ0n) is 15.9. The predicted molar refractivity (Wildman–Crippen MR) is 131 cm³/mol. The Morgan fingerprint density at radius 1 is 0.467 bits per heavy atom. The maximum Gasteiger partial charge on any atom is 0.143 e. The molecule has 1 nitrogen and oxygen atoms in total. The van der Waals surface area contributed by atoms with Crippen LogP contribution >= 0.6 is 15.9 Å². The first-order valence-electron chi connectivity index (χ1n) is 10.1.